The van der Waals surface area contributed by atoms with Crippen LogP contribution in [0.3, 0.4) is 0 Å². The zero-order valence-corrected chi connectivity index (χ0v) is 10.5. The molecule has 3 nitrogen and oxygen atoms in total. The molecule has 0 heterocycles. The van der Waals surface area contributed by atoms with E-state index in [4.69, 9.17) is 9.84 Å². The van der Waals surface area contributed by atoms with Gasteiger partial charge in [0.1, 0.15) is 5.75 Å². The van der Waals surface area contributed by atoms with Gasteiger partial charge in [-0.15, -0.1) is 0 Å². The summed E-state index contributed by atoms with van der Waals surface area (Å²) in [5, 5.41) is 9.09. The van der Waals surface area contributed by atoms with Gasteiger partial charge in [0.15, 0.2) is 0 Å². The zero-order chi connectivity index (χ0) is 12.7. The van der Waals surface area contributed by atoms with Crippen molar-refractivity contribution in [3.05, 3.63) is 29.3 Å². The standard InChI is InChI=1S/C14H20O3/c1-3-5-6-11-10-12(17-9-4-2)7-8-13(11)14(15)16/h7-8,10H,3-6,9H2,1-2H3,(H,15,16). The second-order valence-corrected chi connectivity index (χ2v) is 4.08. The van der Waals surface area contributed by atoms with Gasteiger partial charge in [-0.1, -0.05) is 20.3 Å². The third-order valence-electron chi connectivity index (χ3n) is 2.58. The molecule has 0 bridgehead atoms. The van der Waals surface area contributed by atoms with E-state index in [9.17, 15) is 4.79 Å². The van der Waals surface area contributed by atoms with Gasteiger partial charge in [-0.05, 0) is 43.0 Å². The third-order valence-corrected chi connectivity index (χ3v) is 2.58. The zero-order valence-electron chi connectivity index (χ0n) is 10.5. The van der Waals surface area contributed by atoms with Gasteiger partial charge in [-0.3, -0.25) is 0 Å². The Bertz CT molecular complexity index is 372. The molecule has 0 spiro atoms. The fourth-order valence-electron chi connectivity index (χ4n) is 1.66. The number of hydrogen-bond donors (Lipinski definition) is 1. The minimum absolute atomic E-state index is 0.391. The first-order chi connectivity index (χ1) is 8.19. The van der Waals surface area contributed by atoms with Gasteiger partial charge < -0.3 is 9.84 Å². The number of hydrogen-bond acceptors (Lipinski definition) is 2. The lowest BCUT2D eigenvalue weighted by Crippen LogP contribution is -2.04. The van der Waals surface area contributed by atoms with E-state index in [-0.39, 0.29) is 0 Å². The lowest BCUT2D eigenvalue weighted by Gasteiger charge is -2.09. The van der Waals surface area contributed by atoms with Gasteiger partial charge in [-0.2, -0.15) is 0 Å². The summed E-state index contributed by atoms with van der Waals surface area (Å²) >= 11 is 0. The maximum atomic E-state index is 11.1. The van der Waals surface area contributed by atoms with E-state index in [0.717, 1.165) is 37.0 Å². The molecular weight excluding hydrogens is 216 g/mol. The van der Waals surface area contributed by atoms with Crippen molar-refractivity contribution in [1.29, 1.82) is 0 Å². The molecule has 0 atom stereocenters. The summed E-state index contributed by atoms with van der Waals surface area (Å²) in [4.78, 5) is 11.1. The average molecular weight is 236 g/mol. The van der Waals surface area contributed by atoms with E-state index in [1.54, 1.807) is 12.1 Å². The summed E-state index contributed by atoms with van der Waals surface area (Å²) < 4.78 is 5.52. The largest absolute Gasteiger partial charge is 0.494 e. The molecule has 0 radical (unpaired) electrons. The van der Waals surface area contributed by atoms with Crippen LogP contribution in [0.25, 0.3) is 0 Å². The number of aromatic carboxylic acids is 1. The molecule has 0 saturated heterocycles. The fraction of sp³-hybridized carbons (Fsp3) is 0.500. The van der Waals surface area contributed by atoms with Crippen LogP contribution >= 0.6 is 0 Å². The first-order valence-electron chi connectivity index (χ1n) is 6.18. The van der Waals surface area contributed by atoms with Crippen LogP contribution in [-0.2, 0) is 6.42 Å². The lowest BCUT2D eigenvalue weighted by molar-refractivity contribution is 0.0695. The minimum Gasteiger partial charge on any atom is -0.494 e. The molecule has 3 heteroatoms. The van der Waals surface area contributed by atoms with E-state index in [1.165, 1.54) is 0 Å². The van der Waals surface area contributed by atoms with Crippen LogP contribution in [0.1, 0.15) is 49.0 Å². The van der Waals surface area contributed by atoms with E-state index in [2.05, 4.69) is 6.92 Å². The van der Waals surface area contributed by atoms with Gasteiger partial charge in [-0.25, -0.2) is 4.79 Å². The lowest BCUT2D eigenvalue weighted by atomic mass is 10.0. The summed E-state index contributed by atoms with van der Waals surface area (Å²) in [5.74, 6) is -0.0962. The number of carboxylic acids is 1. The Morgan fingerprint density at radius 3 is 2.65 bits per heavy atom. The maximum Gasteiger partial charge on any atom is 0.335 e. The van der Waals surface area contributed by atoms with Crippen molar-refractivity contribution in [2.45, 2.75) is 39.5 Å². The molecule has 0 amide bonds. The predicted octanol–water partition coefficient (Wildman–Crippen LogP) is 3.52. The smallest absolute Gasteiger partial charge is 0.335 e. The Morgan fingerprint density at radius 1 is 1.29 bits per heavy atom. The number of aryl methyl sites for hydroxylation is 1. The minimum atomic E-state index is -0.863. The van der Waals surface area contributed by atoms with Crippen LogP contribution in [0.2, 0.25) is 0 Å². The van der Waals surface area contributed by atoms with Gasteiger partial charge >= 0.3 is 5.97 Å². The molecule has 1 aromatic rings. The molecule has 1 rings (SSSR count). The summed E-state index contributed by atoms with van der Waals surface area (Å²) in [5.41, 5.74) is 1.26. The Labute approximate surface area is 102 Å². The van der Waals surface area contributed by atoms with Crippen LogP contribution in [0, 0.1) is 0 Å². The highest BCUT2D eigenvalue weighted by Gasteiger charge is 2.10. The molecule has 0 saturated carbocycles. The number of carbonyl (C=O) groups is 1. The molecular formula is C14H20O3. The van der Waals surface area contributed by atoms with E-state index < -0.39 is 5.97 Å². The summed E-state index contributed by atoms with van der Waals surface area (Å²) in [6, 6.07) is 5.22. The molecule has 0 aliphatic carbocycles. The highest BCUT2D eigenvalue weighted by Crippen LogP contribution is 2.20. The topological polar surface area (TPSA) is 46.5 Å². The van der Waals surface area contributed by atoms with Crippen LogP contribution in [0.4, 0.5) is 0 Å². The van der Waals surface area contributed by atoms with E-state index in [0.29, 0.717) is 12.2 Å². The number of unbranched alkanes of at least 4 members (excludes halogenated alkanes) is 1. The Hall–Kier alpha value is -1.51. The number of rotatable bonds is 7. The normalized spacial score (nSPS) is 10.2. The van der Waals surface area contributed by atoms with Crippen molar-refractivity contribution < 1.29 is 14.6 Å². The Morgan fingerprint density at radius 2 is 2.06 bits per heavy atom. The predicted molar refractivity (Wildman–Crippen MR) is 67.8 cm³/mol. The third kappa shape index (κ3) is 4.10. The van der Waals surface area contributed by atoms with Gasteiger partial charge in [0, 0.05) is 0 Å². The van der Waals surface area contributed by atoms with E-state index in [1.807, 2.05) is 13.0 Å². The fourth-order valence-corrected chi connectivity index (χ4v) is 1.66. The summed E-state index contributed by atoms with van der Waals surface area (Å²) in [6.07, 6.45) is 3.79. The van der Waals surface area contributed by atoms with Crippen LogP contribution < -0.4 is 4.74 Å². The second-order valence-electron chi connectivity index (χ2n) is 4.08. The highest BCUT2D eigenvalue weighted by molar-refractivity contribution is 5.89. The van der Waals surface area contributed by atoms with Gasteiger partial charge in [0.25, 0.3) is 0 Å². The first-order valence-corrected chi connectivity index (χ1v) is 6.18. The van der Waals surface area contributed by atoms with Crippen molar-refractivity contribution in [2.75, 3.05) is 6.61 Å². The Kier molecular flexibility index (Phi) is 5.53. The molecule has 94 valence electrons. The molecule has 0 unspecified atom stereocenters. The molecule has 1 N–H and O–H groups in total. The van der Waals surface area contributed by atoms with Crippen molar-refractivity contribution in [3.63, 3.8) is 0 Å². The van der Waals surface area contributed by atoms with Gasteiger partial charge in [0.05, 0.1) is 12.2 Å². The number of ether oxygens (including phenoxy) is 1. The molecule has 0 fully saturated rings. The SMILES string of the molecule is CCCCc1cc(OCCC)ccc1C(=O)O. The average Bonchev–Trinajstić information content (AvgIpc) is 2.33. The van der Waals surface area contributed by atoms with Crippen molar-refractivity contribution in [2.24, 2.45) is 0 Å². The molecule has 17 heavy (non-hydrogen) atoms. The molecule has 0 aliphatic heterocycles. The van der Waals surface area contributed by atoms with Crippen LogP contribution in [0.5, 0.6) is 5.75 Å². The molecule has 0 aromatic heterocycles. The second kappa shape index (κ2) is 6.94. The van der Waals surface area contributed by atoms with Crippen LogP contribution in [0.15, 0.2) is 18.2 Å². The monoisotopic (exact) mass is 236 g/mol. The van der Waals surface area contributed by atoms with Crippen molar-refractivity contribution in [1.82, 2.24) is 0 Å². The molecule has 0 aliphatic rings. The van der Waals surface area contributed by atoms with Crippen molar-refractivity contribution >= 4 is 5.97 Å². The Balaban J connectivity index is 2.88. The number of benzene rings is 1. The first kappa shape index (κ1) is 13.6. The highest BCUT2D eigenvalue weighted by atomic mass is 16.5. The number of carboxylic acid groups (broad SMARTS) is 1. The van der Waals surface area contributed by atoms with Gasteiger partial charge in [0.2, 0.25) is 0 Å². The summed E-state index contributed by atoms with van der Waals surface area (Å²) in [6.45, 7) is 4.81. The summed E-state index contributed by atoms with van der Waals surface area (Å²) in [7, 11) is 0. The maximum absolute atomic E-state index is 11.1. The quantitative estimate of drug-likeness (QED) is 0.788. The molecule has 1 aromatic carbocycles. The van der Waals surface area contributed by atoms with Crippen LogP contribution in [-0.4, -0.2) is 17.7 Å². The van der Waals surface area contributed by atoms with E-state index >= 15 is 0 Å². The van der Waals surface area contributed by atoms with Crippen molar-refractivity contribution in [3.8, 4) is 5.75 Å².